The first-order valence-electron chi connectivity index (χ1n) is 8.96. The van der Waals surface area contributed by atoms with Gasteiger partial charge in [-0.25, -0.2) is 18.2 Å². The summed E-state index contributed by atoms with van der Waals surface area (Å²) in [5.41, 5.74) is 0.576. The number of carbonyl (C=O) groups excluding carboxylic acids is 1. The number of thiophene rings is 1. The van der Waals surface area contributed by atoms with Gasteiger partial charge in [0.05, 0.1) is 11.0 Å². The maximum atomic E-state index is 13.5. The highest BCUT2D eigenvalue weighted by Crippen LogP contribution is 2.29. The molecule has 30 heavy (non-hydrogen) atoms. The molecule has 0 spiro atoms. The van der Waals surface area contributed by atoms with Crippen LogP contribution >= 0.6 is 23.1 Å². The van der Waals surface area contributed by atoms with Gasteiger partial charge < -0.3 is 4.74 Å². The number of rotatable bonds is 6. The van der Waals surface area contributed by atoms with E-state index in [1.807, 2.05) is 0 Å². The van der Waals surface area contributed by atoms with Crippen molar-refractivity contribution in [3.8, 4) is 0 Å². The molecule has 0 atom stereocenters. The quantitative estimate of drug-likeness (QED) is 0.509. The monoisotopic (exact) mass is 473 g/mol. The van der Waals surface area contributed by atoms with Crippen molar-refractivity contribution in [1.29, 1.82) is 0 Å². The normalized spacial score (nSPS) is 15.7. The van der Waals surface area contributed by atoms with Gasteiger partial charge in [0, 0.05) is 24.6 Å². The molecule has 0 amide bonds. The minimum atomic E-state index is -3.83. The van der Waals surface area contributed by atoms with Crippen LogP contribution in [0.1, 0.15) is 22.0 Å². The summed E-state index contributed by atoms with van der Waals surface area (Å²) >= 11 is 2.61. The number of aromatic nitrogens is 2. The third kappa shape index (κ3) is 3.96. The van der Waals surface area contributed by atoms with E-state index >= 15 is 0 Å². The highest BCUT2D eigenvalue weighted by atomic mass is 32.2. The van der Waals surface area contributed by atoms with Crippen LogP contribution in [0.4, 0.5) is 8.78 Å². The van der Waals surface area contributed by atoms with E-state index in [2.05, 4.69) is 4.98 Å². The van der Waals surface area contributed by atoms with Crippen LogP contribution in [0.2, 0.25) is 0 Å². The summed E-state index contributed by atoms with van der Waals surface area (Å²) in [4.78, 5) is 16.5. The van der Waals surface area contributed by atoms with Crippen molar-refractivity contribution in [2.75, 3.05) is 24.6 Å². The number of esters is 1. The van der Waals surface area contributed by atoms with Crippen molar-refractivity contribution < 1.29 is 26.7 Å². The van der Waals surface area contributed by atoms with Gasteiger partial charge in [0.2, 0.25) is 10.0 Å². The van der Waals surface area contributed by atoms with Crippen molar-refractivity contribution >= 4 is 50.1 Å². The summed E-state index contributed by atoms with van der Waals surface area (Å²) in [6.45, 7) is -2.62. The first-order chi connectivity index (χ1) is 14.4. The lowest BCUT2D eigenvalue weighted by molar-refractivity contribution is 0.0389. The predicted octanol–water partition coefficient (Wildman–Crippen LogP) is 3.59. The van der Waals surface area contributed by atoms with Crippen LogP contribution in [0.5, 0.6) is 0 Å². The topological polar surface area (TPSA) is 81.5 Å². The summed E-state index contributed by atoms with van der Waals surface area (Å²) in [6, 6.07) is 7.73. The number of hydrogen-bond acceptors (Lipinski definition) is 7. The molecule has 160 valence electrons. The molecule has 1 aliphatic heterocycles. The fraction of sp³-hybridized carbons (Fsp3) is 0.333. The van der Waals surface area contributed by atoms with Gasteiger partial charge in [0.1, 0.15) is 16.4 Å². The molecule has 0 radical (unpaired) electrons. The molecular weight excluding hydrogens is 456 g/mol. The van der Waals surface area contributed by atoms with Crippen molar-refractivity contribution in [3.05, 3.63) is 46.4 Å². The standard InChI is InChI=1S/C18H17F2N3O4S3/c19-18(20)23-13-4-2-1-3-12(13)21-15(23)11-27-17(24)16-14(5-8-29-16)30(25,26)22-6-9-28-10-7-22/h1-5,8,18H,6-7,9-11H2. The van der Waals surface area contributed by atoms with Crippen molar-refractivity contribution in [1.82, 2.24) is 13.9 Å². The Bertz CT molecular complexity index is 1170. The molecule has 1 saturated heterocycles. The molecule has 12 heteroatoms. The zero-order chi connectivity index (χ0) is 21.3. The molecule has 0 N–H and O–H groups in total. The maximum Gasteiger partial charge on any atom is 0.350 e. The van der Waals surface area contributed by atoms with E-state index in [1.54, 1.807) is 30.0 Å². The first-order valence-corrected chi connectivity index (χ1v) is 12.4. The van der Waals surface area contributed by atoms with Crippen LogP contribution in [0.3, 0.4) is 0 Å². The minimum absolute atomic E-state index is 0.0760. The lowest BCUT2D eigenvalue weighted by Gasteiger charge is -2.25. The van der Waals surface area contributed by atoms with Crippen LogP contribution < -0.4 is 0 Å². The van der Waals surface area contributed by atoms with Crippen molar-refractivity contribution in [2.24, 2.45) is 0 Å². The van der Waals surface area contributed by atoms with Crippen LogP contribution in [0, 0.1) is 0 Å². The van der Waals surface area contributed by atoms with Gasteiger partial charge in [-0.3, -0.25) is 4.57 Å². The number of hydrogen-bond donors (Lipinski definition) is 0. The number of para-hydroxylation sites is 2. The van der Waals surface area contributed by atoms with E-state index in [9.17, 15) is 22.0 Å². The summed E-state index contributed by atoms with van der Waals surface area (Å²) in [5.74, 6) is 0.372. The van der Waals surface area contributed by atoms with Gasteiger partial charge in [0.25, 0.3) is 0 Å². The number of alkyl halides is 2. The van der Waals surface area contributed by atoms with Crippen LogP contribution in [-0.4, -0.2) is 52.8 Å². The first kappa shape index (κ1) is 21.2. The third-order valence-corrected chi connectivity index (χ3v) is 8.51. The zero-order valence-corrected chi connectivity index (χ0v) is 18.0. The highest BCUT2D eigenvalue weighted by Gasteiger charge is 2.32. The minimum Gasteiger partial charge on any atom is -0.453 e. The molecule has 1 aromatic carbocycles. The fourth-order valence-electron chi connectivity index (χ4n) is 3.19. The predicted molar refractivity (Wildman–Crippen MR) is 111 cm³/mol. The average molecular weight is 474 g/mol. The van der Waals surface area contributed by atoms with Gasteiger partial charge in [-0.05, 0) is 23.6 Å². The second-order valence-electron chi connectivity index (χ2n) is 6.37. The molecule has 3 aromatic rings. The van der Waals surface area contributed by atoms with E-state index in [0.717, 1.165) is 11.3 Å². The molecule has 4 rings (SSSR count). The number of benzene rings is 1. The zero-order valence-electron chi connectivity index (χ0n) is 15.5. The molecule has 7 nitrogen and oxygen atoms in total. The summed E-state index contributed by atoms with van der Waals surface area (Å²) < 4.78 is 60.1. The Morgan fingerprint density at radius 1 is 1.20 bits per heavy atom. The van der Waals surface area contributed by atoms with Crippen LogP contribution in [-0.2, 0) is 21.4 Å². The van der Waals surface area contributed by atoms with Crippen molar-refractivity contribution in [3.63, 3.8) is 0 Å². The lowest BCUT2D eigenvalue weighted by Crippen LogP contribution is -2.38. The molecule has 0 saturated carbocycles. The Balaban J connectivity index is 1.56. The largest absolute Gasteiger partial charge is 0.453 e. The van der Waals surface area contributed by atoms with Gasteiger partial charge >= 0.3 is 12.5 Å². The molecule has 0 unspecified atom stereocenters. The summed E-state index contributed by atoms with van der Waals surface area (Å²) in [6.07, 6.45) is 0. The Hall–Kier alpha value is -2.02. The molecule has 0 aliphatic carbocycles. The third-order valence-electron chi connectivity index (χ3n) is 4.60. The SMILES string of the molecule is O=C(OCc1nc2ccccc2n1C(F)F)c1sccc1S(=O)(=O)N1CCSCC1. The second kappa shape index (κ2) is 8.61. The van der Waals surface area contributed by atoms with Crippen molar-refractivity contribution in [2.45, 2.75) is 18.1 Å². The van der Waals surface area contributed by atoms with E-state index in [-0.39, 0.29) is 21.1 Å². The number of imidazole rings is 1. The smallest absolute Gasteiger partial charge is 0.350 e. The lowest BCUT2D eigenvalue weighted by atomic mass is 10.3. The van der Waals surface area contributed by atoms with Gasteiger partial charge in [-0.2, -0.15) is 24.8 Å². The van der Waals surface area contributed by atoms with Gasteiger partial charge in [-0.1, -0.05) is 12.1 Å². The van der Waals surface area contributed by atoms with Crippen LogP contribution in [0.15, 0.2) is 40.6 Å². The Kier molecular flexibility index (Phi) is 6.09. The number of ether oxygens (including phenoxy) is 1. The Labute approximate surface area is 179 Å². The summed E-state index contributed by atoms with van der Waals surface area (Å²) in [7, 11) is -3.83. The Morgan fingerprint density at radius 2 is 1.93 bits per heavy atom. The highest BCUT2D eigenvalue weighted by molar-refractivity contribution is 7.99. The number of halogens is 2. The van der Waals surface area contributed by atoms with E-state index in [0.29, 0.717) is 34.7 Å². The molecular formula is C18H17F2N3O4S3. The number of fused-ring (bicyclic) bond motifs is 1. The summed E-state index contributed by atoms with van der Waals surface area (Å²) in [5, 5.41) is 1.50. The van der Waals surface area contributed by atoms with E-state index in [4.69, 9.17) is 4.74 Å². The Morgan fingerprint density at radius 3 is 2.67 bits per heavy atom. The van der Waals surface area contributed by atoms with Gasteiger partial charge in [0.15, 0.2) is 5.82 Å². The van der Waals surface area contributed by atoms with E-state index in [1.165, 1.54) is 21.8 Å². The molecule has 1 fully saturated rings. The maximum absolute atomic E-state index is 13.5. The molecule has 3 heterocycles. The second-order valence-corrected chi connectivity index (χ2v) is 10.4. The van der Waals surface area contributed by atoms with Crippen LogP contribution in [0.25, 0.3) is 11.0 Å². The van der Waals surface area contributed by atoms with Gasteiger partial charge in [-0.15, -0.1) is 11.3 Å². The number of sulfonamides is 1. The fourth-order valence-corrected chi connectivity index (χ4v) is 7.04. The van der Waals surface area contributed by atoms with E-state index < -0.39 is 29.1 Å². The number of thioether (sulfide) groups is 1. The molecule has 2 aromatic heterocycles. The number of carbonyl (C=O) groups is 1. The average Bonchev–Trinajstić information content (AvgIpc) is 3.38. The number of nitrogens with zero attached hydrogens (tertiary/aromatic N) is 3. The molecule has 0 bridgehead atoms. The molecule has 1 aliphatic rings.